The lowest BCUT2D eigenvalue weighted by atomic mass is 10.1. The lowest BCUT2D eigenvalue weighted by Crippen LogP contribution is -2.35. The maximum absolute atomic E-state index is 12.1. The van der Waals surface area contributed by atoms with Gasteiger partial charge >= 0.3 is 5.97 Å². The van der Waals surface area contributed by atoms with Gasteiger partial charge in [0.1, 0.15) is 0 Å². The number of hydrogen-bond acceptors (Lipinski definition) is 5. The largest absolute Gasteiger partial charge is 0.469 e. The number of hydrogen-bond donors (Lipinski definition) is 1. The molecule has 17 heavy (non-hydrogen) atoms. The Morgan fingerprint density at radius 3 is 2.53 bits per heavy atom. The summed E-state index contributed by atoms with van der Waals surface area (Å²) in [5.74, 6) is -0.475. The van der Waals surface area contributed by atoms with Gasteiger partial charge in [-0.1, -0.05) is 6.92 Å². The van der Waals surface area contributed by atoms with E-state index < -0.39 is 15.8 Å². The van der Waals surface area contributed by atoms with Crippen LogP contribution in [-0.2, 0) is 19.4 Å². The first kappa shape index (κ1) is 14.4. The van der Waals surface area contributed by atoms with Gasteiger partial charge in [0.05, 0.1) is 24.5 Å². The summed E-state index contributed by atoms with van der Waals surface area (Å²) in [7, 11) is -0.0784. The molecule has 1 rings (SSSR count). The smallest absolute Gasteiger partial charge is 0.306 e. The van der Waals surface area contributed by atoms with Crippen LogP contribution in [0.15, 0.2) is 0 Å². The zero-order valence-corrected chi connectivity index (χ0v) is 11.4. The molecule has 1 aliphatic rings. The van der Waals surface area contributed by atoms with Crippen molar-refractivity contribution in [3.8, 4) is 0 Å². The van der Waals surface area contributed by atoms with E-state index in [-0.39, 0.29) is 29.4 Å². The first-order chi connectivity index (χ1) is 7.92. The predicted molar refractivity (Wildman–Crippen MR) is 65.5 cm³/mol. The van der Waals surface area contributed by atoms with Crippen LogP contribution >= 0.6 is 0 Å². The van der Waals surface area contributed by atoms with Crippen molar-refractivity contribution in [1.29, 1.82) is 0 Å². The van der Waals surface area contributed by atoms with Crippen LogP contribution in [0.3, 0.4) is 0 Å². The third-order valence-electron chi connectivity index (χ3n) is 3.63. The molecule has 0 radical (unpaired) electrons. The molecule has 0 aromatic carbocycles. The zero-order chi connectivity index (χ0) is 13.1. The van der Waals surface area contributed by atoms with Crippen molar-refractivity contribution in [2.24, 2.45) is 5.92 Å². The van der Waals surface area contributed by atoms with Crippen LogP contribution in [0.2, 0.25) is 0 Å². The second-order valence-corrected chi connectivity index (χ2v) is 6.90. The first-order valence-corrected chi connectivity index (χ1v) is 7.59. The molecular formula is C11H21NO4S. The Kier molecular flexibility index (Phi) is 4.94. The highest BCUT2D eigenvalue weighted by Gasteiger charge is 2.39. The highest BCUT2D eigenvalue weighted by molar-refractivity contribution is 7.92. The number of methoxy groups -OCH3 is 1. The van der Waals surface area contributed by atoms with E-state index in [0.717, 1.165) is 6.42 Å². The minimum atomic E-state index is -3.20. The third-order valence-corrected chi connectivity index (χ3v) is 5.99. The van der Waals surface area contributed by atoms with Gasteiger partial charge < -0.3 is 10.1 Å². The van der Waals surface area contributed by atoms with Gasteiger partial charge in [-0.15, -0.1) is 0 Å². The molecule has 0 heterocycles. The minimum Gasteiger partial charge on any atom is -0.469 e. The van der Waals surface area contributed by atoms with Crippen molar-refractivity contribution in [3.05, 3.63) is 0 Å². The molecule has 1 aliphatic carbocycles. The summed E-state index contributed by atoms with van der Waals surface area (Å²) in [6.07, 6.45) is 1.50. The van der Waals surface area contributed by atoms with Crippen LogP contribution in [0, 0.1) is 5.92 Å². The molecule has 0 bridgehead atoms. The van der Waals surface area contributed by atoms with Crippen LogP contribution in [-0.4, -0.2) is 45.6 Å². The van der Waals surface area contributed by atoms with Crippen molar-refractivity contribution in [3.63, 3.8) is 0 Å². The topological polar surface area (TPSA) is 72.5 Å². The van der Waals surface area contributed by atoms with Crippen molar-refractivity contribution < 1.29 is 17.9 Å². The molecule has 100 valence electrons. The van der Waals surface area contributed by atoms with Gasteiger partial charge in [-0.2, -0.15) is 0 Å². The number of ether oxygens (including phenoxy) is 1. The second-order valence-electron chi connectivity index (χ2n) is 4.56. The van der Waals surface area contributed by atoms with Crippen LogP contribution in [0.25, 0.3) is 0 Å². The van der Waals surface area contributed by atoms with E-state index >= 15 is 0 Å². The lowest BCUT2D eigenvalue weighted by molar-refractivity contribution is -0.140. The van der Waals surface area contributed by atoms with Crippen LogP contribution in [0.4, 0.5) is 0 Å². The second kappa shape index (κ2) is 5.82. The zero-order valence-electron chi connectivity index (χ0n) is 10.6. The van der Waals surface area contributed by atoms with Crippen LogP contribution in [0.1, 0.15) is 26.2 Å². The normalized spacial score (nSPS) is 29.2. The van der Waals surface area contributed by atoms with E-state index in [0.29, 0.717) is 6.42 Å². The standard InChI is InChI=1S/C11H21NO4S/c1-8-9(12-2)4-5-10(8)17(14,15)7-6-11(13)16-3/h8-10,12H,4-7H2,1-3H3. The molecule has 0 aliphatic heterocycles. The molecule has 0 amide bonds. The van der Waals surface area contributed by atoms with E-state index in [2.05, 4.69) is 10.1 Å². The minimum absolute atomic E-state index is 0.0493. The number of sulfone groups is 1. The molecule has 1 fully saturated rings. The Balaban J connectivity index is 2.62. The molecule has 1 N–H and O–H groups in total. The maximum atomic E-state index is 12.1. The highest BCUT2D eigenvalue weighted by Crippen LogP contribution is 2.31. The van der Waals surface area contributed by atoms with Gasteiger partial charge in [0, 0.05) is 6.04 Å². The van der Waals surface area contributed by atoms with Gasteiger partial charge in [0.2, 0.25) is 0 Å². The van der Waals surface area contributed by atoms with Gasteiger partial charge in [-0.3, -0.25) is 4.79 Å². The Morgan fingerprint density at radius 2 is 2.06 bits per heavy atom. The number of esters is 1. The molecule has 5 nitrogen and oxygen atoms in total. The summed E-state index contributed by atoms with van der Waals surface area (Å²) in [5, 5.41) is 2.81. The first-order valence-electron chi connectivity index (χ1n) is 5.88. The molecule has 0 spiro atoms. The van der Waals surface area contributed by atoms with Crippen molar-refractivity contribution >= 4 is 15.8 Å². The van der Waals surface area contributed by atoms with E-state index in [1.165, 1.54) is 7.11 Å². The van der Waals surface area contributed by atoms with E-state index in [1.807, 2.05) is 14.0 Å². The van der Waals surface area contributed by atoms with E-state index in [1.54, 1.807) is 0 Å². The van der Waals surface area contributed by atoms with Crippen molar-refractivity contribution in [2.45, 2.75) is 37.5 Å². The fourth-order valence-electron chi connectivity index (χ4n) is 2.52. The summed E-state index contributed by atoms with van der Waals surface area (Å²) in [4.78, 5) is 11.0. The number of carbonyl (C=O) groups excluding carboxylic acids is 1. The summed E-state index contributed by atoms with van der Waals surface area (Å²) < 4.78 is 28.6. The lowest BCUT2D eigenvalue weighted by Gasteiger charge is -2.20. The fraction of sp³-hybridized carbons (Fsp3) is 0.909. The molecule has 1 saturated carbocycles. The summed E-state index contributed by atoms with van der Waals surface area (Å²) >= 11 is 0. The average Bonchev–Trinajstić information content (AvgIpc) is 2.68. The Hall–Kier alpha value is -0.620. The Morgan fingerprint density at radius 1 is 1.41 bits per heavy atom. The van der Waals surface area contributed by atoms with Gasteiger partial charge in [-0.05, 0) is 25.8 Å². The Labute approximate surface area is 103 Å². The van der Waals surface area contributed by atoms with Crippen molar-refractivity contribution in [2.75, 3.05) is 19.9 Å². The molecular weight excluding hydrogens is 242 g/mol. The quantitative estimate of drug-likeness (QED) is 0.725. The van der Waals surface area contributed by atoms with Gasteiger partial charge in [0.15, 0.2) is 9.84 Å². The molecule has 0 saturated heterocycles. The number of carbonyl (C=O) groups is 1. The van der Waals surface area contributed by atoms with E-state index in [4.69, 9.17) is 0 Å². The number of nitrogens with one attached hydrogen (secondary N) is 1. The SMILES string of the molecule is CNC1CCC(S(=O)(=O)CCC(=O)OC)C1C. The average molecular weight is 263 g/mol. The van der Waals surface area contributed by atoms with Gasteiger partial charge in [0.25, 0.3) is 0 Å². The summed E-state index contributed by atoms with van der Waals surface area (Å²) in [6, 6.07) is 0.257. The van der Waals surface area contributed by atoms with Gasteiger partial charge in [-0.25, -0.2) is 8.42 Å². The molecule has 0 aromatic rings. The fourth-order valence-corrected chi connectivity index (χ4v) is 4.61. The van der Waals surface area contributed by atoms with Crippen molar-refractivity contribution in [1.82, 2.24) is 5.32 Å². The highest BCUT2D eigenvalue weighted by atomic mass is 32.2. The summed E-state index contributed by atoms with van der Waals surface area (Å²) in [6.45, 7) is 1.95. The van der Waals surface area contributed by atoms with E-state index in [9.17, 15) is 13.2 Å². The summed E-state index contributed by atoms with van der Waals surface area (Å²) in [5.41, 5.74) is 0. The molecule has 3 atom stereocenters. The molecule has 6 heteroatoms. The Bertz CT molecular complexity index is 366. The monoisotopic (exact) mass is 263 g/mol. The molecule has 3 unspecified atom stereocenters. The predicted octanol–water partition coefficient (Wildman–Crippen LogP) is 0.351. The molecule has 0 aromatic heterocycles. The van der Waals surface area contributed by atoms with Crippen LogP contribution < -0.4 is 5.32 Å². The third kappa shape index (κ3) is 3.42. The van der Waals surface area contributed by atoms with Crippen LogP contribution in [0.5, 0.6) is 0 Å². The number of rotatable bonds is 5. The maximum Gasteiger partial charge on any atom is 0.306 e.